The standard InChI is InChI=1S/C20H25ClN4O.C13H9ClF3N3O3S.C8H17NO.ClH/c1-20(2,3)11-14(26)12-25(4)19-15-6-5-7-16(15)23-18(24-19)17-10-13(21)8-9-22-17;14-7-4-5-18-10(6-7)11-19-9-3-1-2-8(9)12(20-11)23-24(21,22)13(15,16)17;1-8(2,3)5-7(10)6-9-4;/h8-10H,5-7,11-12H2,1-4H3;4-6H,1-3H2;9H,5-6H2,1-4H3;1H. The van der Waals surface area contributed by atoms with Gasteiger partial charge in [-0.3, -0.25) is 19.6 Å². The number of ketones is 2. The summed E-state index contributed by atoms with van der Waals surface area (Å²) in [5, 5.41) is 3.77. The molecule has 0 amide bonds. The topological polar surface area (TPSA) is 170 Å². The second-order valence-electron chi connectivity index (χ2n) is 16.9. The van der Waals surface area contributed by atoms with E-state index in [1.807, 2.05) is 11.9 Å². The minimum Gasteiger partial charge on any atom is -0.355 e. The van der Waals surface area contributed by atoms with Crippen molar-refractivity contribution in [3.63, 3.8) is 0 Å². The molecule has 2 aliphatic carbocycles. The summed E-state index contributed by atoms with van der Waals surface area (Å²) in [6.45, 7) is 13.3. The highest BCUT2D eigenvalue weighted by molar-refractivity contribution is 7.88. The van der Waals surface area contributed by atoms with Crippen LogP contribution in [0.2, 0.25) is 10.0 Å². The number of aryl methyl sites for hydroxylation is 2. The van der Waals surface area contributed by atoms with E-state index >= 15 is 0 Å². The Morgan fingerprint density at radius 3 is 1.72 bits per heavy atom. The molecule has 4 aromatic heterocycles. The molecule has 6 rings (SSSR count). The van der Waals surface area contributed by atoms with Gasteiger partial charge in [-0.25, -0.2) is 15.0 Å². The van der Waals surface area contributed by atoms with E-state index in [0.717, 1.165) is 36.3 Å². The Kier molecular flexibility index (Phi) is 18.0. The molecular formula is C41H52Cl3F3N8O5S. The zero-order valence-electron chi connectivity index (χ0n) is 35.4. The van der Waals surface area contributed by atoms with Crippen molar-refractivity contribution in [3.05, 3.63) is 69.2 Å². The summed E-state index contributed by atoms with van der Waals surface area (Å²) in [7, 11) is -2.10. The van der Waals surface area contributed by atoms with Gasteiger partial charge in [0.05, 0.1) is 18.8 Å². The first-order valence-corrected chi connectivity index (χ1v) is 21.5. The number of nitrogens with one attached hydrogen (secondary N) is 1. The van der Waals surface area contributed by atoms with Gasteiger partial charge in [-0.15, -0.1) is 12.4 Å². The lowest BCUT2D eigenvalue weighted by Crippen LogP contribution is -2.30. The van der Waals surface area contributed by atoms with Gasteiger partial charge in [0.25, 0.3) is 0 Å². The SMILES string of the molecule is CN(CC(=O)CC(C)(C)C)c1nc(-c2cc(Cl)ccn2)nc2c1CCC2.CNCC(=O)CC(C)(C)C.Cl.O=S(=O)(Oc1nc(-c2cc(Cl)ccn2)nc2c1CCC2)C(F)(F)F. The van der Waals surface area contributed by atoms with Gasteiger partial charge < -0.3 is 14.4 Å². The molecular weight excluding hydrogens is 880 g/mol. The van der Waals surface area contributed by atoms with Crippen LogP contribution in [-0.4, -0.2) is 82.6 Å². The number of hydrogen-bond acceptors (Lipinski definition) is 13. The molecule has 2 aliphatic rings. The lowest BCUT2D eigenvalue weighted by atomic mass is 9.90. The zero-order valence-corrected chi connectivity index (χ0v) is 38.6. The van der Waals surface area contributed by atoms with Crippen LogP contribution in [0.15, 0.2) is 36.7 Å². The Hall–Kier alpha value is -4.03. The third-order valence-electron chi connectivity index (χ3n) is 8.78. The minimum absolute atomic E-state index is 0. The van der Waals surface area contributed by atoms with E-state index in [9.17, 15) is 31.2 Å². The van der Waals surface area contributed by atoms with Gasteiger partial charge in [-0.05, 0) is 80.7 Å². The van der Waals surface area contributed by atoms with Crippen LogP contribution in [0, 0.1) is 10.8 Å². The third kappa shape index (κ3) is 15.4. The number of carbonyl (C=O) groups is 2. The second kappa shape index (κ2) is 21.4. The van der Waals surface area contributed by atoms with Crippen molar-refractivity contribution in [1.29, 1.82) is 0 Å². The van der Waals surface area contributed by atoms with Crippen LogP contribution in [0.1, 0.15) is 89.7 Å². The highest BCUT2D eigenvalue weighted by Gasteiger charge is 2.49. The van der Waals surface area contributed by atoms with E-state index in [-0.39, 0.29) is 51.9 Å². The smallest absolute Gasteiger partial charge is 0.355 e. The normalized spacial score (nSPS) is 13.4. The van der Waals surface area contributed by atoms with Gasteiger partial charge in [0.2, 0.25) is 5.88 Å². The monoisotopic (exact) mass is 930 g/mol. The van der Waals surface area contributed by atoms with Crippen LogP contribution in [-0.2, 0) is 45.4 Å². The van der Waals surface area contributed by atoms with Crippen molar-refractivity contribution in [3.8, 4) is 28.9 Å². The molecule has 0 saturated carbocycles. The van der Waals surface area contributed by atoms with Crippen molar-refractivity contribution in [2.75, 3.05) is 32.1 Å². The molecule has 0 fully saturated rings. The van der Waals surface area contributed by atoms with Gasteiger partial charge in [-0.1, -0.05) is 64.7 Å². The fraction of sp³-hybridized carbons (Fsp3) is 0.512. The highest BCUT2D eigenvalue weighted by atomic mass is 35.5. The van der Waals surface area contributed by atoms with E-state index in [1.54, 1.807) is 25.4 Å². The number of alkyl halides is 3. The molecule has 0 bridgehead atoms. The van der Waals surface area contributed by atoms with E-state index in [2.05, 4.69) is 71.0 Å². The number of aromatic nitrogens is 6. The van der Waals surface area contributed by atoms with Crippen LogP contribution in [0.3, 0.4) is 0 Å². The van der Waals surface area contributed by atoms with E-state index < -0.39 is 21.5 Å². The quantitative estimate of drug-likeness (QED) is 0.112. The van der Waals surface area contributed by atoms with E-state index in [0.29, 0.717) is 72.5 Å². The van der Waals surface area contributed by atoms with Crippen LogP contribution in [0.4, 0.5) is 19.0 Å². The summed E-state index contributed by atoms with van der Waals surface area (Å²) in [4.78, 5) is 51.2. The Morgan fingerprint density at radius 1 is 0.770 bits per heavy atom. The van der Waals surface area contributed by atoms with E-state index in [4.69, 9.17) is 33.2 Å². The van der Waals surface area contributed by atoms with Crippen molar-refractivity contribution in [2.45, 2.75) is 98.4 Å². The molecule has 0 radical (unpaired) electrons. The lowest BCUT2D eigenvalue weighted by molar-refractivity contribution is -0.120. The molecule has 4 heterocycles. The Labute approximate surface area is 371 Å². The molecule has 20 heteroatoms. The maximum absolute atomic E-state index is 12.6. The number of pyridine rings is 2. The van der Waals surface area contributed by atoms with Gasteiger partial charge in [0.1, 0.15) is 23.0 Å². The maximum atomic E-state index is 12.6. The molecule has 0 aromatic carbocycles. The molecule has 61 heavy (non-hydrogen) atoms. The Morgan fingerprint density at radius 2 is 1.25 bits per heavy atom. The Bertz CT molecular complexity index is 2290. The summed E-state index contributed by atoms with van der Waals surface area (Å²) < 4.78 is 64.5. The number of fused-ring (bicyclic) bond motifs is 2. The minimum atomic E-state index is -5.82. The molecule has 4 aromatic rings. The summed E-state index contributed by atoms with van der Waals surface area (Å²) in [5.41, 5.74) is -1.66. The van der Waals surface area contributed by atoms with Gasteiger partial charge in [0.15, 0.2) is 17.4 Å². The number of anilines is 1. The highest BCUT2D eigenvalue weighted by Crippen LogP contribution is 2.35. The maximum Gasteiger partial charge on any atom is 0.534 e. The zero-order chi connectivity index (χ0) is 44.6. The molecule has 334 valence electrons. The van der Waals surface area contributed by atoms with Crippen LogP contribution in [0.25, 0.3) is 23.0 Å². The van der Waals surface area contributed by atoms with Crippen LogP contribution in [0.5, 0.6) is 5.88 Å². The molecule has 0 spiro atoms. The number of Topliss-reactive ketones (excluding diaryl/α,β-unsaturated/α-hetero) is 2. The predicted molar refractivity (Wildman–Crippen MR) is 233 cm³/mol. The van der Waals surface area contributed by atoms with Crippen molar-refractivity contribution in [2.24, 2.45) is 10.8 Å². The van der Waals surface area contributed by atoms with Gasteiger partial charge in [-0.2, -0.15) is 26.6 Å². The summed E-state index contributed by atoms with van der Waals surface area (Å²) in [6, 6.07) is 6.42. The average molecular weight is 932 g/mol. The number of rotatable bonds is 11. The van der Waals surface area contributed by atoms with Gasteiger partial charge >= 0.3 is 15.6 Å². The number of hydrogen-bond donors (Lipinski definition) is 1. The Balaban J connectivity index is 0.000000264. The molecule has 0 unspecified atom stereocenters. The number of carbonyl (C=O) groups excluding carboxylic acids is 2. The number of nitrogens with zero attached hydrogens (tertiary/aromatic N) is 7. The summed E-state index contributed by atoms with van der Waals surface area (Å²) in [6.07, 6.45) is 8.61. The number of halogens is 6. The number of likely N-dealkylation sites (N-methyl/N-ethyl adjacent to an activating group) is 2. The fourth-order valence-corrected chi connectivity index (χ4v) is 7.23. The first-order chi connectivity index (χ1) is 27.9. The summed E-state index contributed by atoms with van der Waals surface area (Å²) >= 11 is 11.9. The lowest BCUT2D eigenvalue weighted by Gasteiger charge is -2.23. The van der Waals surface area contributed by atoms with Crippen molar-refractivity contribution < 1.29 is 35.4 Å². The molecule has 0 aliphatic heterocycles. The largest absolute Gasteiger partial charge is 0.534 e. The average Bonchev–Trinajstić information content (AvgIpc) is 3.80. The van der Waals surface area contributed by atoms with Crippen LogP contribution < -0.4 is 14.4 Å². The van der Waals surface area contributed by atoms with Gasteiger partial charge in [0, 0.05) is 59.1 Å². The third-order valence-corrected chi connectivity index (χ3v) is 10.2. The van der Waals surface area contributed by atoms with Crippen molar-refractivity contribution >= 4 is 63.1 Å². The molecule has 1 N–H and O–H groups in total. The first kappa shape index (κ1) is 51.3. The molecule has 0 atom stereocenters. The van der Waals surface area contributed by atoms with E-state index in [1.165, 1.54) is 18.3 Å². The van der Waals surface area contributed by atoms with Crippen molar-refractivity contribution in [1.82, 2.24) is 35.2 Å². The van der Waals surface area contributed by atoms with Crippen LogP contribution >= 0.6 is 35.6 Å². The predicted octanol–water partition coefficient (Wildman–Crippen LogP) is 8.66. The first-order valence-electron chi connectivity index (χ1n) is 19.3. The second-order valence-corrected chi connectivity index (χ2v) is 19.3. The fourth-order valence-electron chi connectivity index (χ4n) is 6.47. The molecule has 0 saturated heterocycles. The summed E-state index contributed by atoms with van der Waals surface area (Å²) in [5.74, 6) is 1.24. The molecule has 13 nitrogen and oxygen atoms in total.